The van der Waals surface area contributed by atoms with Crippen LogP contribution in [0.3, 0.4) is 0 Å². The third-order valence-corrected chi connectivity index (χ3v) is 5.44. The van der Waals surface area contributed by atoms with Crippen LogP contribution in [0.2, 0.25) is 0 Å². The molecule has 0 aromatic carbocycles. The number of hydrogen-bond donors (Lipinski definition) is 2. The Balaban J connectivity index is 3.00. The molecule has 0 bridgehead atoms. The Hall–Kier alpha value is -0.660. The molecule has 0 unspecified atom stereocenters. The van der Waals surface area contributed by atoms with Crippen LogP contribution in [0.5, 0.6) is 0 Å². The summed E-state index contributed by atoms with van der Waals surface area (Å²) >= 11 is 0. The van der Waals surface area contributed by atoms with E-state index in [0.717, 1.165) is 6.42 Å². The molecule has 4 N–H and O–H groups in total. The van der Waals surface area contributed by atoms with Crippen molar-refractivity contribution in [2.24, 2.45) is 11.5 Å². The lowest BCUT2D eigenvalue weighted by Gasteiger charge is -2.04. The smallest absolute Gasteiger partial charge is 0.0892 e. The van der Waals surface area contributed by atoms with Gasteiger partial charge >= 0.3 is 0 Å². The van der Waals surface area contributed by atoms with E-state index in [-0.39, 0.29) is 0 Å². The van der Waals surface area contributed by atoms with Crippen LogP contribution in [0.25, 0.3) is 0 Å². The molecular weight excluding hydrogens is 316 g/mol. The molecule has 0 saturated heterocycles. The highest BCUT2D eigenvalue weighted by Crippen LogP contribution is 2.15. The minimum absolute atomic E-state index is 0.475. The summed E-state index contributed by atoms with van der Waals surface area (Å²) in [5.74, 6) is 0.475. The maximum absolute atomic E-state index is 5.42. The topological polar surface area (TPSA) is 52.0 Å². The quantitative estimate of drug-likeness (QED) is 0.202. The Morgan fingerprint density at radius 2 is 0.731 bits per heavy atom. The lowest BCUT2D eigenvalue weighted by molar-refractivity contribution is 0.522. The van der Waals surface area contributed by atoms with Crippen LogP contribution in [0.15, 0.2) is 11.9 Å². The number of unbranched alkanes of at least 4 members (excludes halogenated alkanes) is 20. The van der Waals surface area contributed by atoms with Gasteiger partial charge in [-0.1, -0.05) is 129 Å². The summed E-state index contributed by atoms with van der Waals surface area (Å²) in [6, 6.07) is 0. The highest BCUT2D eigenvalue weighted by atomic mass is 14.8. The lowest BCUT2D eigenvalue weighted by Crippen LogP contribution is -2.07. The fourth-order valence-electron chi connectivity index (χ4n) is 3.67. The van der Waals surface area contributed by atoms with Gasteiger partial charge in [-0.15, -0.1) is 0 Å². The number of rotatable bonds is 21. The Labute approximate surface area is 165 Å². The largest absolute Gasteiger partial charge is 0.386 e. The van der Waals surface area contributed by atoms with Crippen LogP contribution in [-0.4, -0.2) is 0 Å². The summed E-state index contributed by atoms with van der Waals surface area (Å²) in [7, 11) is 0. The van der Waals surface area contributed by atoms with Gasteiger partial charge in [-0.3, -0.25) is 0 Å². The third kappa shape index (κ3) is 23.3. The summed E-state index contributed by atoms with van der Waals surface area (Å²) in [6.45, 7) is 2.29. The first kappa shape index (κ1) is 25.3. The number of nitrogens with two attached hydrogens (primary N) is 2. The predicted molar refractivity (Wildman–Crippen MR) is 119 cm³/mol. The van der Waals surface area contributed by atoms with Crippen LogP contribution < -0.4 is 11.5 Å². The predicted octanol–water partition coefficient (Wildman–Crippen LogP) is 7.96. The van der Waals surface area contributed by atoms with Gasteiger partial charge in [0.1, 0.15) is 0 Å². The van der Waals surface area contributed by atoms with Gasteiger partial charge in [0.2, 0.25) is 0 Å². The van der Waals surface area contributed by atoms with E-state index in [1.165, 1.54) is 128 Å². The molecular formula is C24H50N2. The molecule has 0 spiro atoms. The van der Waals surface area contributed by atoms with Crippen LogP contribution in [0, 0.1) is 0 Å². The molecule has 0 aliphatic heterocycles. The zero-order valence-corrected chi connectivity index (χ0v) is 18.1. The fraction of sp³-hybridized carbons (Fsp3) is 0.917. The van der Waals surface area contributed by atoms with Crippen molar-refractivity contribution in [2.45, 2.75) is 142 Å². The van der Waals surface area contributed by atoms with Crippen LogP contribution in [0.1, 0.15) is 142 Å². The summed E-state index contributed by atoms with van der Waals surface area (Å²) in [5.41, 5.74) is 10.8. The van der Waals surface area contributed by atoms with Gasteiger partial charge in [0, 0.05) is 0 Å². The molecule has 0 aromatic heterocycles. The van der Waals surface area contributed by atoms with Crippen LogP contribution in [0.4, 0.5) is 0 Å². The van der Waals surface area contributed by atoms with E-state index >= 15 is 0 Å². The zero-order valence-electron chi connectivity index (χ0n) is 18.1. The van der Waals surface area contributed by atoms with Crippen molar-refractivity contribution < 1.29 is 0 Å². The Bertz CT molecular complexity index is 282. The van der Waals surface area contributed by atoms with E-state index in [4.69, 9.17) is 11.5 Å². The molecule has 0 saturated carbocycles. The molecule has 0 aromatic rings. The van der Waals surface area contributed by atoms with Crippen molar-refractivity contribution >= 4 is 0 Å². The highest BCUT2D eigenvalue weighted by Gasteiger charge is 1.95. The standard InChI is InChI=1S/C24H50N2/c1-2-3-4-5-6-7-8-9-10-11-12-13-14-15-16-17-18-19-20-21-22-23-24(25)26/h23H,2-22,25-26H2,1H3. The number of allylic oxidation sites excluding steroid dienone is 1. The maximum Gasteiger partial charge on any atom is 0.0892 e. The Morgan fingerprint density at radius 3 is 1.00 bits per heavy atom. The summed E-state index contributed by atoms with van der Waals surface area (Å²) in [6.07, 6.45) is 31.6. The average Bonchev–Trinajstić information content (AvgIpc) is 2.62. The van der Waals surface area contributed by atoms with Gasteiger partial charge in [-0.2, -0.15) is 0 Å². The van der Waals surface area contributed by atoms with Crippen molar-refractivity contribution in [3.63, 3.8) is 0 Å². The van der Waals surface area contributed by atoms with Crippen LogP contribution >= 0.6 is 0 Å². The normalized spacial score (nSPS) is 11.0. The summed E-state index contributed by atoms with van der Waals surface area (Å²) in [4.78, 5) is 0. The molecule has 0 fully saturated rings. The maximum atomic E-state index is 5.42. The Kier molecular flexibility index (Phi) is 21.8. The molecule has 26 heavy (non-hydrogen) atoms. The van der Waals surface area contributed by atoms with Crippen molar-refractivity contribution in [3.05, 3.63) is 11.9 Å². The Morgan fingerprint density at radius 1 is 0.462 bits per heavy atom. The minimum Gasteiger partial charge on any atom is -0.386 e. The molecule has 0 aliphatic carbocycles. The SMILES string of the molecule is CCCCCCCCCCCCCCCCCCCCCCC=C(N)N. The van der Waals surface area contributed by atoms with Gasteiger partial charge in [-0.05, 0) is 18.9 Å². The lowest BCUT2D eigenvalue weighted by atomic mass is 10.0. The molecule has 0 atom stereocenters. The second kappa shape index (κ2) is 22.4. The molecule has 0 amide bonds. The van der Waals surface area contributed by atoms with E-state index in [1.807, 2.05) is 6.08 Å². The molecule has 0 radical (unpaired) electrons. The fourth-order valence-corrected chi connectivity index (χ4v) is 3.67. The van der Waals surface area contributed by atoms with E-state index in [2.05, 4.69) is 6.92 Å². The molecule has 2 heteroatoms. The highest BCUT2D eigenvalue weighted by molar-refractivity contribution is 4.89. The van der Waals surface area contributed by atoms with Gasteiger partial charge in [-0.25, -0.2) is 0 Å². The monoisotopic (exact) mass is 366 g/mol. The second-order valence-corrected chi connectivity index (χ2v) is 8.21. The van der Waals surface area contributed by atoms with E-state index in [1.54, 1.807) is 0 Å². The molecule has 0 heterocycles. The first-order chi connectivity index (χ1) is 12.8. The van der Waals surface area contributed by atoms with Crippen molar-refractivity contribution in [2.75, 3.05) is 0 Å². The first-order valence-electron chi connectivity index (χ1n) is 12.0. The number of hydrogen-bond acceptors (Lipinski definition) is 2. The minimum atomic E-state index is 0.475. The third-order valence-electron chi connectivity index (χ3n) is 5.44. The zero-order chi connectivity index (χ0) is 19.1. The molecule has 156 valence electrons. The summed E-state index contributed by atoms with van der Waals surface area (Å²) < 4.78 is 0. The van der Waals surface area contributed by atoms with Gasteiger partial charge in [0.05, 0.1) is 5.82 Å². The van der Waals surface area contributed by atoms with E-state index < -0.39 is 0 Å². The van der Waals surface area contributed by atoms with Gasteiger partial charge in [0.15, 0.2) is 0 Å². The van der Waals surface area contributed by atoms with Crippen molar-refractivity contribution in [1.82, 2.24) is 0 Å². The first-order valence-corrected chi connectivity index (χ1v) is 12.0. The molecule has 2 nitrogen and oxygen atoms in total. The van der Waals surface area contributed by atoms with Crippen molar-refractivity contribution in [3.8, 4) is 0 Å². The van der Waals surface area contributed by atoms with Gasteiger partial charge in [0.25, 0.3) is 0 Å². The molecule has 0 aliphatic rings. The average molecular weight is 367 g/mol. The second-order valence-electron chi connectivity index (χ2n) is 8.21. The molecule has 0 rings (SSSR count). The van der Waals surface area contributed by atoms with Crippen LogP contribution in [-0.2, 0) is 0 Å². The van der Waals surface area contributed by atoms with Gasteiger partial charge < -0.3 is 11.5 Å². The van der Waals surface area contributed by atoms with E-state index in [9.17, 15) is 0 Å². The van der Waals surface area contributed by atoms with E-state index in [0.29, 0.717) is 5.82 Å². The summed E-state index contributed by atoms with van der Waals surface area (Å²) in [5, 5.41) is 0. The van der Waals surface area contributed by atoms with Crippen molar-refractivity contribution in [1.29, 1.82) is 0 Å².